The van der Waals surface area contributed by atoms with Gasteiger partial charge in [0.05, 0.1) is 12.1 Å². The molecule has 7 nitrogen and oxygen atoms in total. The minimum absolute atomic E-state index is 0.147. The standard InChI is InChI=1S/C22H16Cl2N4O3S/c1-28(11-18-26-17-6-7-32-19(17)21(30)27-18)22(31)12-2-4-16(5-3-12)25-20(29)13-8-14(23)10-15(24)9-13/h2-10H,11H2,1H3,(H,25,29)(H,26,27,30). The van der Waals surface area contributed by atoms with Gasteiger partial charge in [-0.15, -0.1) is 11.3 Å². The van der Waals surface area contributed by atoms with Crippen LogP contribution in [0.25, 0.3) is 10.2 Å². The predicted molar refractivity (Wildman–Crippen MR) is 127 cm³/mol. The molecule has 2 aromatic heterocycles. The zero-order valence-corrected chi connectivity index (χ0v) is 19.0. The van der Waals surface area contributed by atoms with E-state index in [-0.39, 0.29) is 23.9 Å². The van der Waals surface area contributed by atoms with Crippen molar-refractivity contribution in [1.82, 2.24) is 14.9 Å². The fourth-order valence-corrected chi connectivity index (χ4v) is 4.35. The molecule has 0 atom stereocenters. The summed E-state index contributed by atoms with van der Waals surface area (Å²) < 4.78 is 0.556. The van der Waals surface area contributed by atoms with E-state index in [0.717, 1.165) is 0 Å². The van der Waals surface area contributed by atoms with Crippen LogP contribution in [-0.4, -0.2) is 33.7 Å². The summed E-state index contributed by atoms with van der Waals surface area (Å²) in [5.41, 5.74) is 1.65. The summed E-state index contributed by atoms with van der Waals surface area (Å²) in [6.07, 6.45) is 0. The lowest BCUT2D eigenvalue weighted by atomic mass is 10.1. The molecule has 0 radical (unpaired) electrons. The number of hydrogen-bond acceptors (Lipinski definition) is 5. The summed E-state index contributed by atoms with van der Waals surface area (Å²) in [7, 11) is 1.62. The molecule has 0 saturated carbocycles. The maximum atomic E-state index is 12.8. The molecule has 0 spiro atoms. The Labute approximate surface area is 196 Å². The first-order chi connectivity index (χ1) is 15.3. The Morgan fingerprint density at radius 3 is 2.44 bits per heavy atom. The van der Waals surface area contributed by atoms with Gasteiger partial charge in [0.25, 0.3) is 17.4 Å². The molecule has 162 valence electrons. The molecular weight excluding hydrogens is 471 g/mol. The largest absolute Gasteiger partial charge is 0.334 e. The Balaban J connectivity index is 1.43. The summed E-state index contributed by atoms with van der Waals surface area (Å²) in [6, 6.07) is 12.8. The van der Waals surface area contributed by atoms with Crippen LogP contribution in [0.1, 0.15) is 26.5 Å². The Morgan fingerprint density at radius 1 is 1.06 bits per heavy atom. The van der Waals surface area contributed by atoms with Crippen LogP contribution in [-0.2, 0) is 6.54 Å². The van der Waals surface area contributed by atoms with Gasteiger partial charge in [-0.1, -0.05) is 23.2 Å². The number of aromatic amines is 1. The summed E-state index contributed by atoms with van der Waals surface area (Å²) >= 11 is 13.2. The second-order valence-corrected chi connectivity index (χ2v) is 8.79. The molecular formula is C22H16Cl2N4O3S. The zero-order valence-electron chi connectivity index (χ0n) is 16.7. The second kappa shape index (κ2) is 9.12. The number of nitrogens with one attached hydrogen (secondary N) is 2. The molecule has 2 heterocycles. The lowest BCUT2D eigenvalue weighted by Crippen LogP contribution is -2.28. The second-order valence-electron chi connectivity index (χ2n) is 7.00. The molecule has 2 amide bonds. The molecule has 0 unspecified atom stereocenters. The lowest BCUT2D eigenvalue weighted by molar-refractivity contribution is 0.0781. The molecule has 32 heavy (non-hydrogen) atoms. The summed E-state index contributed by atoms with van der Waals surface area (Å²) in [5.74, 6) is -0.220. The van der Waals surface area contributed by atoms with E-state index in [1.807, 2.05) is 0 Å². The van der Waals surface area contributed by atoms with Gasteiger partial charge in [-0.2, -0.15) is 0 Å². The van der Waals surface area contributed by atoms with Gasteiger partial charge in [0.2, 0.25) is 0 Å². The quantitative estimate of drug-likeness (QED) is 0.422. The molecule has 0 fully saturated rings. The number of carbonyl (C=O) groups excluding carboxylic acids is 2. The Kier molecular flexibility index (Phi) is 6.27. The number of aromatic nitrogens is 2. The molecule has 2 N–H and O–H groups in total. The SMILES string of the molecule is CN(Cc1nc2ccsc2c(=O)[nH]1)C(=O)c1ccc(NC(=O)c2cc(Cl)cc(Cl)c2)cc1. The van der Waals surface area contributed by atoms with Gasteiger partial charge < -0.3 is 15.2 Å². The fourth-order valence-electron chi connectivity index (χ4n) is 3.10. The molecule has 0 aliphatic heterocycles. The molecule has 10 heteroatoms. The first kappa shape index (κ1) is 22.0. The first-order valence-electron chi connectivity index (χ1n) is 9.39. The van der Waals surface area contributed by atoms with E-state index in [1.54, 1.807) is 48.8 Å². The monoisotopic (exact) mass is 486 g/mol. The number of anilines is 1. The number of benzene rings is 2. The van der Waals surface area contributed by atoms with Crippen molar-refractivity contribution in [1.29, 1.82) is 0 Å². The van der Waals surface area contributed by atoms with Gasteiger partial charge in [-0.3, -0.25) is 14.4 Å². The third-order valence-electron chi connectivity index (χ3n) is 4.61. The number of amides is 2. The maximum Gasteiger partial charge on any atom is 0.268 e. The van der Waals surface area contributed by atoms with E-state index in [0.29, 0.717) is 42.9 Å². The average molecular weight is 487 g/mol. The first-order valence-corrected chi connectivity index (χ1v) is 11.0. The highest BCUT2D eigenvalue weighted by Gasteiger charge is 2.15. The summed E-state index contributed by atoms with van der Waals surface area (Å²) in [5, 5.41) is 5.26. The highest BCUT2D eigenvalue weighted by atomic mass is 35.5. The smallest absolute Gasteiger partial charge is 0.268 e. The molecule has 2 aromatic carbocycles. The van der Waals surface area contributed by atoms with Crippen molar-refractivity contribution >= 4 is 62.3 Å². The maximum absolute atomic E-state index is 12.8. The molecule has 0 bridgehead atoms. The number of hydrogen-bond donors (Lipinski definition) is 2. The third kappa shape index (κ3) is 4.83. The Hall–Kier alpha value is -3.20. The number of rotatable bonds is 5. The molecule has 4 aromatic rings. The van der Waals surface area contributed by atoms with Gasteiger partial charge >= 0.3 is 0 Å². The minimum atomic E-state index is -0.371. The van der Waals surface area contributed by atoms with E-state index in [2.05, 4.69) is 15.3 Å². The van der Waals surface area contributed by atoms with Crippen molar-refractivity contribution in [3.05, 3.63) is 91.3 Å². The molecule has 0 aliphatic carbocycles. The van der Waals surface area contributed by atoms with Crippen molar-refractivity contribution in [2.45, 2.75) is 6.54 Å². The Bertz CT molecular complexity index is 1360. The van der Waals surface area contributed by atoms with Gasteiger partial charge in [-0.25, -0.2) is 4.98 Å². The van der Waals surface area contributed by atoms with Crippen LogP contribution in [0.2, 0.25) is 10.0 Å². The highest BCUT2D eigenvalue weighted by molar-refractivity contribution is 7.17. The fraction of sp³-hybridized carbons (Fsp3) is 0.0909. The summed E-state index contributed by atoms with van der Waals surface area (Å²) in [6.45, 7) is 0.147. The molecule has 4 rings (SSSR count). The third-order valence-corrected chi connectivity index (χ3v) is 5.95. The van der Waals surface area contributed by atoms with Gasteiger partial charge in [0.15, 0.2) is 0 Å². The topological polar surface area (TPSA) is 95.2 Å². The summed E-state index contributed by atoms with van der Waals surface area (Å²) in [4.78, 5) is 45.9. The van der Waals surface area contributed by atoms with Crippen LogP contribution in [0.15, 0.2) is 58.7 Å². The van der Waals surface area contributed by atoms with Crippen molar-refractivity contribution in [2.75, 3.05) is 12.4 Å². The van der Waals surface area contributed by atoms with Crippen molar-refractivity contribution < 1.29 is 9.59 Å². The normalized spacial score (nSPS) is 10.8. The number of thiophene rings is 1. The lowest BCUT2D eigenvalue weighted by Gasteiger charge is -2.17. The van der Waals surface area contributed by atoms with Crippen LogP contribution in [0, 0.1) is 0 Å². The average Bonchev–Trinajstić information content (AvgIpc) is 3.22. The van der Waals surface area contributed by atoms with Crippen LogP contribution in [0.3, 0.4) is 0 Å². The Morgan fingerprint density at radius 2 is 1.75 bits per heavy atom. The van der Waals surface area contributed by atoms with Crippen molar-refractivity contribution in [2.24, 2.45) is 0 Å². The highest BCUT2D eigenvalue weighted by Crippen LogP contribution is 2.21. The van der Waals surface area contributed by atoms with Gasteiger partial charge in [-0.05, 0) is 53.9 Å². The van der Waals surface area contributed by atoms with E-state index in [9.17, 15) is 14.4 Å². The van der Waals surface area contributed by atoms with E-state index >= 15 is 0 Å². The number of H-pyrrole nitrogens is 1. The van der Waals surface area contributed by atoms with Crippen LogP contribution < -0.4 is 10.9 Å². The van der Waals surface area contributed by atoms with Crippen molar-refractivity contribution in [3.8, 4) is 0 Å². The van der Waals surface area contributed by atoms with E-state index in [4.69, 9.17) is 23.2 Å². The van der Waals surface area contributed by atoms with Crippen LogP contribution >= 0.6 is 34.5 Å². The van der Waals surface area contributed by atoms with Gasteiger partial charge in [0, 0.05) is 33.9 Å². The number of nitrogens with zero attached hydrogens (tertiary/aromatic N) is 2. The van der Waals surface area contributed by atoms with E-state index < -0.39 is 0 Å². The molecule has 0 aliphatic rings. The van der Waals surface area contributed by atoms with Gasteiger partial charge in [0.1, 0.15) is 10.5 Å². The number of carbonyl (C=O) groups is 2. The van der Waals surface area contributed by atoms with Crippen LogP contribution in [0.5, 0.6) is 0 Å². The number of halogens is 2. The van der Waals surface area contributed by atoms with Crippen molar-refractivity contribution in [3.63, 3.8) is 0 Å². The predicted octanol–water partition coefficient (Wildman–Crippen LogP) is 4.82. The number of fused-ring (bicyclic) bond motifs is 1. The minimum Gasteiger partial charge on any atom is -0.334 e. The van der Waals surface area contributed by atoms with Crippen LogP contribution in [0.4, 0.5) is 5.69 Å². The van der Waals surface area contributed by atoms with E-state index in [1.165, 1.54) is 28.4 Å². The molecule has 0 saturated heterocycles. The zero-order chi connectivity index (χ0) is 22.8.